The molecule has 1 atom stereocenters. The van der Waals surface area contributed by atoms with E-state index in [-0.39, 0.29) is 6.04 Å². The standard InChI is InChI=1S/C16H23N5S.CH5N/c1-3-4-15-14(13-5-10-22-12-13)11-18-16(21(15)17)20-8-6-19(2)7-9-20;1-2/h3-5,10-12,15H,6-9,17H2,1-2H3;2H2,1H3/b4-3+;. The molecule has 2 aliphatic heterocycles. The van der Waals surface area contributed by atoms with E-state index in [1.165, 1.54) is 12.6 Å². The highest BCUT2D eigenvalue weighted by atomic mass is 32.1. The molecule has 1 saturated heterocycles. The van der Waals surface area contributed by atoms with Crippen molar-refractivity contribution in [1.82, 2.24) is 14.8 Å². The molecule has 3 rings (SSSR count). The number of nitrogens with zero attached hydrogens (tertiary/aromatic N) is 4. The summed E-state index contributed by atoms with van der Waals surface area (Å²) in [5.74, 6) is 7.30. The lowest BCUT2D eigenvalue weighted by Crippen LogP contribution is -2.58. The van der Waals surface area contributed by atoms with E-state index in [9.17, 15) is 0 Å². The first kappa shape index (κ1) is 18.7. The van der Waals surface area contributed by atoms with E-state index >= 15 is 0 Å². The van der Waals surface area contributed by atoms with Crippen LogP contribution in [-0.2, 0) is 0 Å². The summed E-state index contributed by atoms with van der Waals surface area (Å²) in [5.41, 5.74) is 6.85. The number of hydrogen-bond donors (Lipinski definition) is 2. The molecule has 1 aromatic rings. The molecule has 0 radical (unpaired) electrons. The number of piperazine rings is 1. The molecule has 132 valence electrons. The summed E-state index contributed by atoms with van der Waals surface area (Å²) < 4.78 is 0. The molecule has 0 bridgehead atoms. The largest absolute Gasteiger partial charge is 0.339 e. The monoisotopic (exact) mass is 348 g/mol. The van der Waals surface area contributed by atoms with Gasteiger partial charge >= 0.3 is 0 Å². The van der Waals surface area contributed by atoms with Gasteiger partial charge in [0.1, 0.15) is 0 Å². The molecule has 7 heteroatoms. The molecule has 0 amide bonds. The maximum atomic E-state index is 6.43. The Balaban J connectivity index is 0.00000100. The zero-order chi connectivity index (χ0) is 17.5. The second-order valence-corrected chi connectivity index (χ2v) is 6.47. The highest BCUT2D eigenvalue weighted by molar-refractivity contribution is 7.08. The molecule has 24 heavy (non-hydrogen) atoms. The number of guanidine groups is 1. The molecule has 0 saturated carbocycles. The van der Waals surface area contributed by atoms with Crippen LogP contribution in [0.2, 0.25) is 0 Å². The number of aliphatic imine (C=N–C) groups is 1. The smallest absolute Gasteiger partial charge is 0.216 e. The van der Waals surface area contributed by atoms with Gasteiger partial charge in [-0.15, -0.1) is 0 Å². The maximum Gasteiger partial charge on any atom is 0.216 e. The molecular formula is C17H28N6S. The van der Waals surface area contributed by atoms with Crippen LogP contribution in [0.3, 0.4) is 0 Å². The molecule has 0 aliphatic carbocycles. The number of rotatable bonds is 2. The first-order valence-electron chi connectivity index (χ1n) is 8.19. The summed E-state index contributed by atoms with van der Waals surface area (Å²) >= 11 is 1.70. The van der Waals surface area contributed by atoms with Gasteiger partial charge in [-0.05, 0) is 43.4 Å². The zero-order valence-electron chi connectivity index (χ0n) is 14.7. The van der Waals surface area contributed by atoms with Crippen molar-refractivity contribution in [2.45, 2.75) is 13.0 Å². The maximum absolute atomic E-state index is 6.43. The quantitative estimate of drug-likeness (QED) is 0.624. The number of hydrogen-bond acceptors (Lipinski definition) is 7. The van der Waals surface area contributed by atoms with Crippen molar-refractivity contribution in [1.29, 1.82) is 0 Å². The van der Waals surface area contributed by atoms with Gasteiger partial charge in [0.05, 0.1) is 6.04 Å². The molecule has 6 nitrogen and oxygen atoms in total. The van der Waals surface area contributed by atoms with Gasteiger partial charge in [0, 0.05) is 38.0 Å². The topological polar surface area (TPSA) is 74.1 Å². The number of allylic oxidation sites excluding steroid dienone is 1. The molecule has 1 fully saturated rings. The Morgan fingerprint density at radius 3 is 2.54 bits per heavy atom. The second kappa shape index (κ2) is 8.98. The predicted molar refractivity (Wildman–Crippen MR) is 104 cm³/mol. The van der Waals surface area contributed by atoms with E-state index in [4.69, 9.17) is 5.84 Å². The molecule has 0 aromatic carbocycles. The Labute approximate surface area is 148 Å². The molecule has 3 heterocycles. The zero-order valence-corrected chi connectivity index (χ0v) is 15.5. The Kier molecular flexibility index (Phi) is 6.99. The number of thiophene rings is 1. The second-order valence-electron chi connectivity index (χ2n) is 5.69. The summed E-state index contributed by atoms with van der Waals surface area (Å²) in [5, 5.41) is 6.04. The van der Waals surface area contributed by atoms with Gasteiger partial charge < -0.3 is 15.5 Å². The molecule has 1 unspecified atom stereocenters. The van der Waals surface area contributed by atoms with Crippen molar-refractivity contribution < 1.29 is 0 Å². The minimum absolute atomic E-state index is 0.0340. The fraction of sp³-hybridized carbons (Fsp3) is 0.471. The van der Waals surface area contributed by atoms with Crippen LogP contribution in [0.25, 0.3) is 5.57 Å². The van der Waals surface area contributed by atoms with Crippen LogP contribution < -0.4 is 11.6 Å². The van der Waals surface area contributed by atoms with Gasteiger partial charge in [0.2, 0.25) is 5.96 Å². The summed E-state index contributed by atoms with van der Waals surface area (Å²) in [6, 6.07) is 2.16. The van der Waals surface area contributed by atoms with E-state index < -0.39 is 0 Å². The van der Waals surface area contributed by atoms with Crippen molar-refractivity contribution in [2.24, 2.45) is 16.6 Å². The van der Waals surface area contributed by atoms with Crippen molar-refractivity contribution >= 4 is 22.9 Å². The Bertz CT molecular complexity index is 584. The minimum atomic E-state index is 0.0340. The van der Waals surface area contributed by atoms with Crippen molar-refractivity contribution in [3.8, 4) is 0 Å². The van der Waals surface area contributed by atoms with E-state index in [1.807, 2.05) is 13.1 Å². The third-order valence-electron chi connectivity index (χ3n) is 4.18. The van der Waals surface area contributed by atoms with Gasteiger partial charge in [0.25, 0.3) is 0 Å². The summed E-state index contributed by atoms with van der Waals surface area (Å²) in [6.07, 6.45) is 6.16. The predicted octanol–water partition coefficient (Wildman–Crippen LogP) is 1.40. The fourth-order valence-electron chi connectivity index (χ4n) is 2.85. The molecular weight excluding hydrogens is 320 g/mol. The van der Waals surface area contributed by atoms with Crippen LogP contribution in [0.4, 0.5) is 0 Å². The van der Waals surface area contributed by atoms with Gasteiger partial charge in [-0.2, -0.15) is 11.3 Å². The lowest BCUT2D eigenvalue weighted by atomic mass is 10.0. The Hall–Kier alpha value is -1.67. The van der Waals surface area contributed by atoms with Crippen molar-refractivity contribution in [3.63, 3.8) is 0 Å². The SMILES string of the molecule is C/C=C/C1C(c2ccsc2)=CN=C(N2CCN(C)CC2)N1N.CN. The van der Waals surface area contributed by atoms with Gasteiger partial charge in [0.15, 0.2) is 0 Å². The number of hydrazine groups is 1. The van der Waals surface area contributed by atoms with E-state index in [2.05, 4.69) is 56.6 Å². The first-order valence-corrected chi connectivity index (χ1v) is 9.13. The van der Waals surface area contributed by atoms with Gasteiger partial charge in [-0.1, -0.05) is 12.2 Å². The van der Waals surface area contributed by atoms with Crippen LogP contribution in [0, 0.1) is 0 Å². The van der Waals surface area contributed by atoms with Gasteiger partial charge in [-0.3, -0.25) is 5.01 Å². The van der Waals surface area contributed by atoms with Gasteiger partial charge in [-0.25, -0.2) is 10.8 Å². The third-order valence-corrected chi connectivity index (χ3v) is 4.87. The summed E-state index contributed by atoms with van der Waals surface area (Å²) in [6.45, 7) is 6.05. The van der Waals surface area contributed by atoms with Crippen molar-refractivity contribution in [2.75, 3.05) is 40.3 Å². The highest BCUT2D eigenvalue weighted by Gasteiger charge is 2.29. The third kappa shape index (κ3) is 4.05. The van der Waals surface area contributed by atoms with Crippen LogP contribution >= 0.6 is 11.3 Å². The Morgan fingerprint density at radius 1 is 1.25 bits per heavy atom. The number of nitrogens with two attached hydrogens (primary N) is 2. The van der Waals surface area contributed by atoms with Crippen LogP contribution in [0.15, 0.2) is 40.2 Å². The fourth-order valence-corrected chi connectivity index (χ4v) is 3.51. The van der Waals surface area contributed by atoms with Crippen LogP contribution in [0.5, 0.6) is 0 Å². The van der Waals surface area contributed by atoms with E-state index in [1.54, 1.807) is 16.3 Å². The molecule has 2 aliphatic rings. The van der Waals surface area contributed by atoms with E-state index in [0.29, 0.717) is 0 Å². The average molecular weight is 349 g/mol. The average Bonchev–Trinajstić information content (AvgIpc) is 3.14. The van der Waals surface area contributed by atoms with Crippen LogP contribution in [-0.4, -0.2) is 67.1 Å². The lowest BCUT2D eigenvalue weighted by molar-refractivity contribution is 0.194. The highest BCUT2D eigenvalue weighted by Crippen LogP contribution is 2.28. The summed E-state index contributed by atoms with van der Waals surface area (Å²) in [7, 11) is 3.65. The first-order chi connectivity index (χ1) is 11.7. The molecule has 1 aromatic heterocycles. The lowest BCUT2D eigenvalue weighted by Gasteiger charge is -2.41. The number of likely N-dealkylation sites (N-methyl/N-ethyl adjacent to an activating group) is 1. The summed E-state index contributed by atoms with van der Waals surface area (Å²) in [4.78, 5) is 9.27. The Morgan fingerprint density at radius 2 is 1.96 bits per heavy atom. The molecule has 4 N–H and O–H groups in total. The molecule has 0 spiro atoms. The van der Waals surface area contributed by atoms with Crippen LogP contribution in [0.1, 0.15) is 12.5 Å². The van der Waals surface area contributed by atoms with Crippen molar-refractivity contribution in [3.05, 3.63) is 40.7 Å². The minimum Gasteiger partial charge on any atom is -0.339 e. The normalized spacial score (nSPS) is 22.1. The van der Waals surface area contributed by atoms with E-state index in [0.717, 1.165) is 37.7 Å².